The number of fused-ring (bicyclic) bond motifs is 15. The zero-order chi connectivity index (χ0) is 65.5. The average molecular weight is 1250 g/mol. The number of ketones is 2. The fourth-order valence-corrected chi connectivity index (χ4v) is 26.9. The fourth-order valence-electron chi connectivity index (χ4n) is 26.9. The number of aliphatic hydroxyl groups excluding tert-OH is 4. The van der Waals surface area contributed by atoms with Gasteiger partial charge < -0.3 is 36.4 Å². The van der Waals surface area contributed by atoms with Crippen molar-refractivity contribution in [3.05, 3.63) is 23.3 Å². The lowest BCUT2D eigenvalue weighted by atomic mass is 9.41. The Hall–Kier alpha value is -2.93. The molecule has 12 fully saturated rings. The number of rotatable bonds is 13. The summed E-state index contributed by atoms with van der Waals surface area (Å²) in [7, 11) is 0. The molecular formula is C78H125NO11. The highest BCUT2D eigenvalue weighted by Gasteiger charge is 2.68. The molecule has 0 spiro atoms. The number of nitrogens with two attached hydrogens (primary N) is 1. The second kappa shape index (κ2) is 26.6. The molecule has 0 aromatic heterocycles. The molecule has 9 unspecified atom stereocenters. The lowest BCUT2D eigenvalue weighted by Gasteiger charge is -2.64. The summed E-state index contributed by atoms with van der Waals surface area (Å²) in [5.41, 5.74) is 8.48. The highest BCUT2D eigenvalue weighted by molar-refractivity contribution is 6.00. The van der Waals surface area contributed by atoms with E-state index in [2.05, 4.69) is 75.3 Å². The molecule has 508 valence electrons. The van der Waals surface area contributed by atoms with Gasteiger partial charge >= 0.3 is 11.9 Å². The van der Waals surface area contributed by atoms with Crippen LogP contribution in [0.3, 0.4) is 0 Å². The van der Waals surface area contributed by atoms with Gasteiger partial charge in [-0.3, -0.25) is 24.0 Å². The number of carbonyl (C=O) groups is 5. The van der Waals surface area contributed by atoms with Crippen molar-refractivity contribution in [1.82, 2.24) is 0 Å². The summed E-state index contributed by atoms with van der Waals surface area (Å²) in [5, 5.41) is 61.1. The number of primary amides is 1. The van der Waals surface area contributed by atoms with Gasteiger partial charge in [0.2, 0.25) is 5.91 Å². The highest BCUT2D eigenvalue weighted by Crippen LogP contribution is 2.73. The molecule has 12 nitrogen and oxygen atoms in total. The van der Waals surface area contributed by atoms with Crippen molar-refractivity contribution in [2.75, 3.05) is 0 Å². The third kappa shape index (κ3) is 11.9. The van der Waals surface area contributed by atoms with Crippen molar-refractivity contribution >= 4 is 29.4 Å². The molecule has 12 aliphatic rings. The minimum absolute atomic E-state index is 0.114. The van der Waals surface area contributed by atoms with Crippen molar-refractivity contribution in [1.29, 1.82) is 0 Å². The van der Waals surface area contributed by atoms with E-state index < -0.39 is 11.9 Å². The third-order valence-electron chi connectivity index (χ3n) is 31.6. The molecule has 1 amide bonds. The minimum Gasteiger partial charge on any atom is -0.481 e. The maximum atomic E-state index is 13.9. The molecular weight excluding hydrogens is 1130 g/mol. The predicted molar refractivity (Wildman–Crippen MR) is 353 cm³/mol. The molecule has 90 heavy (non-hydrogen) atoms. The Morgan fingerprint density at radius 3 is 1.19 bits per heavy atom. The van der Waals surface area contributed by atoms with E-state index in [-0.39, 0.29) is 99.3 Å². The van der Waals surface area contributed by atoms with E-state index in [1.165, 1.54) is 38.5 Å². The predicted octanol–water partition coefficient (Wildman–Crippen LogP) is 15.0. The molecule has 0 aromatic carbocycles. The molecule has 0 heterocycles. The van der Waals surface area contributed by atoms with Gasteiger partial charge in [-0.15, -0.1) is 0 Å². The van der Waals surface area contributed by atoms with E-state index in [1.54, 1.807) is 0 Å². The van der Waals surface area contributed by atoms with Gasteiger partial charge in [0.25, 0.3) is 0 Å². The van der Waals surface area contributed by atoms with E-state index in [9.17, 15) is 44.4 Å². The summed E-state index contributed by atoms with van der Waals surface area (Å²) in [5.74, 6) is 6.79. The van der Waals surface area contributed by atoms with Crippen molar-refractivity contribution < 1.29 is 54.6 Å². The van der Waals surface area contributed by atoms with Crippen LogP contribution in [0.5, 0.6) is 0 Å². The number of carbonyl (C=O) groups excluding carboxylic acids is 3. The van der Waals surface area contributed by atoms with Crippen LogP contribution in [0.25, 0.3) is 0 Å². The summed E-state index contributed by atoms with van der Waals surface area (Å²) < 4.78 is 0. The number of hydrogen-bond acceptors (Lipinski definition) is 9. The summed E-state index contributed by atoms with van der Waals surface area (Å²) >= 11 is 0. The normalized spacial score (nSPS) is 49.2. The summed E-state index contributed by atoms with van der Waals surface area (Å²) in [6.07, 6.45) is 29.5. The number of amides is 1. The molecule has 8 N–H and O–H groups in total. The second-order valence-electron chi connectivity index (χ2n) is 35.0. The molecule has 12 aliphatic carbocycles. The van der Waals surface area contributed by atoms with Crippen LogP contribution in [0.15, 0.2) is 23.3 Å². The first kappa shape index (κ1) is 69.9. The zero-order valence-electron chi connectivity index (χ0n) is 58.0. The standard InChI is InChI=1S/C26H41NO3.C26H44O4.C26H40O4/c1-5-17-21-14-16(28)10-12-26(21,4)20-11-13-25(3)18(15(2)6-9-22(27)29)7-8-19(25)23(20)24(17)30;2*1-5-17-21-14-16(27)10-12-26(21,4)20-11-13-25(3)18(15(2)6-9-22(28)29)7-8-19(25)23(20)24(17)30/h5,15-16,18-21,23,28H,6-14H2,1-4H3,(H2,27,29);15-21,23-24,27,30H,5-14H2,1-4H3,(H,28,29);5,15-16,18-21,23,27H,6-14H2,1-4H3,(H,28,29)/b17-5+;;17-5+/t15-,16-,18-,19?,20?,21+,23?,25-,26-;15-,16-,17-,18-,19?,20?,21+,23?,24-,25-,26-;15-,16-,18-,19?,20?,21+,23?,25-,26-/m111/s1. The number of carboxylic acid groups (broad SMARTS) is 2. The largest absolute Gasteiger partial charge is 0.481 e. The first-order valence-corrected chi connectivity index (χ1v) is 37.2. The Kier molecular flexibility index (Phi) is 20.6. The van der Waals surface area contributed by atoms with Crippen molar-refractivity contribution in [2.24, 2.45) is 151 Å². The lowest BCUT2D eigenvalue weighted by Crippen LogP contribution is -2.62. The topological polar surface area (TPSA) is 233 Å². The number of aliphatic carboxylic acids is 2. The van der Waals surface area contributed by atoms with Gasteiger partial charge in [0.05, 0.1) is 24.4 Å². The molecule has 0 aliphatic heterocycles. The number of carboxylic acids is 2. The molecule has 0 saturated heterocycles. The van der Waals surface area contributed by atoms with Crippen LogP contribution < -0.4 is 5.73 Å². The smallest absolute Gasteiger partial charge is 0.303 e. The van der Waals surface area contributed by atoms with Crippen LogP contribution in [-0.4, -0.2) is 84.5 Å². The van der Waals surface area contributed by atoms with E-state index in [0.717, 1.165) is 133 Å². The van der Waals surface area contributed by atoms with Gasteiger partial charge in [-0.05, 0) is 312 Å². The van der Waals surface area contributed by atoms with Gasteiger partial charge in [-0.2, -0.15) is 0 Å². The molecule has 12 rings (SSSR count). The molecule has 29 atom stereocenters. The van der Waals surface area contributed by atoms with Crippen molar-refractivity contribution in [3.8, 4) is 0 Å². The first-order chi connectivity index (χ1) is 42.4. The van der Waals surface area contributed by atoms with E-state index in [4.69, 9.17) is 15.9 Å². The van der Waals surface area contributed by atoms with Gasteiger partial charge in [0.15, 0.2) is 11.6 Å². The van der Waals surface area contributed by atoms with Crippen LogP contribution in [-0.2, 0) is 24.0 Å². The quantitative estimate of drug-likeness (QED) is 0.0857. The number of Topliss-reactive ketones (excluding diaryl/α,β-unsaturated/α-hetero) is 2. The van der Waals surface area contributed by atoms with E-state index in [1.807, 2.05) is 19.9 Å². The monoisotopic (exact) mass is 1250 g/mol. The number of allylic oxidation sites excluding steroid dienone is 4. The van der Waals surface area contributed by atoms with E-state index in [0.29, 0.717) is 107 Å². The molecule has 12 heteroatoms. The highest BCUT2D eigenvalue weighted by atomic mass is 16.4. The Morgan fingerprint density at radius 1 is 0.467 bits per heavy atom. The molecule has 0 radical (unpaired) electrons. The van der Waals surface area contributed by atoms with E-state index >= 15 is 0 Å². The van der Waals surface area contributed by atoms with Crippen LogP contribution in [0.2, 0.25) is 0 Å². The maximum absolute atomic E-state index is 13.9. The zero-order valence-corrected chi connectivity index (χ0v) is 58.0. The molecule has 12 saturated carbocycles. The van der Waals surface area contributed by atoms with Gasteiger partial charge in [0.1, 0.15) is 0 Å². The van der Waals surface area contributed by atoms with Crippen LogP contribution in [0.4, 0.5) is 0 Å². The Morgan fingerprint density at radius 2 is 0.800 bits per heavy atom. The number of aliphatic hydroxyl groups is 4. The third-order valence-corrected chi connectivity index (χ3v) is 31.6. The van der Waals surface area contributed by atoms with Crippen LogP contribution in [0, 0.1) is 145 Å². The van der Waals surface area contributed by atoms with Crippen LogP contribution in [0.1, 0.15) is 263 Å². The van der Waals surface area contributed by atoms with Crippen molar-refractivity contribution in [3.63, 3.8) is 0 Å². The fraction of sp³-hybridized carbons (Fsp3) is 0.885. The van der Waals surface area contributed by atoms with Gasteiger partial charge in [0, 0.05) is 31.1 Å². The summed E-state index contributed by atoms with van der Waals surface area (Å²) in [4.78, 5) is 61.3. The molecule has 0 bridgehead atoms. The Balaban J connectivity index is 0.000000148. The van der Waals surface area contributed by atoms with Crippen LogP contribution >= 0.6 is 0 Å². The maximum Gasteiger partial charge on any atom is 0.303 e. The lowest BCUT2D eigenvalue weighted by molar-refractivity contribution is -0.203. The van der Waals surface area contributed by atoms with Gasteiger partial charge in [-0.25, -0.2) is 0 Å². The van der Waals surface area contributed by atoms with Gasteiger partial charge in [-0.1, -0.05) is 87.8 Å². The number of hydrogen-bond donors (Lipinski definition) is 7. The van der Waals surface area contributed by atoms with Crippen molar-refractivity contribution in [2.45, 2.75) is 287 Å². The second-order valence-corrected chi connectivity index (χ2v) is 35.0. The molecule has 0 aromatic rings. The minimum atomic E-state index is -0.705. The first-order valence-electron chi connectivity index (χ1n) is 37.2. The average Bonchev–Trinajstić information content (AvgIpc) is 1.39. The Labute approximate surface area is 542 Å². The summed E-state index contributed by atoms with van der Waals surface area (Å²) in [6, 6.07) is 0. The summed E-state index contributed by atoms with van der Waals surface area (Å²) in [6.45, 7) is 27.6. The Bertz CT molecular complexity index is 2580. The SMILES string of the molecule is C/C=C1/C(=O)C2C3CC[C@H]([C@H](C)CCC(=O)O)[C@@]3(C)CCC2[C@@]2(C)CC[C@@H](O)C[C@@H]12.C/C=C1/C(=O)C2C3CC[C@H]([C@H](C)CCC(N)=O)[C@@]3(C)CCC2[C@@]2(C)CC[C@@H](O)C[C@@H]12.CC[C@H]1[C@@H](O)C2C3CC[C@H]([C@H](C)CCC(=O)O)[C@@]3(C)CCC2[C@@]2(C)CC[C@@H](O)C[C@@H]12.